The minimum atomic E-state index is -1.93. The number of aromatic hydroxyl groups is 1. The van der Waals surface area contributed by atoms with Crippen LogP contribution in [0.3, 0.4) is 0 Å². The molecule has 1 aromatic carbocycles. The highest BCUT2D eigenvalue weighted by Crippen LogP contribution is 2.31. The summed E-state index contributed by atoms with van der Waals surface area (Å²) < 4.78 is 25.9. The van der Waals surface area contributed by atoms with Gasteiger partial charge in [0.25, 0.3) is 0 Å². The van der Waals surface area contributed by atoms with E-state index in [0.29, 0.717) is 0 Å². The molecule has 0 bridgehead atoms. The zero-order valence-corrected chi connectivity index (χ0v) is 16.0. The molecule has 2 fully saturated rings. The van der Waals surface area contributed by atoms with Crippen LogP contribution < -0.4 is 4.74 Å². The summed E-state index contributed by atoms with van der Waals surface area (Å²) in [7, 11) is 1.14. The first-order valence-electron chi connectivity index (χ1n) is 9.04. The Morgan fingerprint density at radius 2 is 1.97 bits per heavy atom. The van der Waals surface area contributed by atoms with Crippen molar-refractivity contribution >= 4 is 5.97 Å². The Labute approximate surface area is 170 Å². The van der Waals surface area contributed by atoms with Crippen molar-refractivity contribution in [3.63, 3.8) is 0 Å². The van der Waals surface area contributed by atoms with Gasteiger partial charge in [0.05, 0.1) is 26.9 Å². The summed E-state index contributed by atoms with van der Waals surface area (Å²) in [6.07, 6.45) is -8.60. The zero-order valence-electron chi connectivity index (χ0n) is 16.0. The molecule has 7 atom stereocenters. The van der Waals surface area contributed by atoms with Crippen molar-refractivity contribution in [3.8, 4) is 11.5 Å². The van der Waals surface area contributed by atoms with Crippen LogP contribution in [0.25, 0.3) is 0 Å². The number of phenolic OH excluding ortho intramolecular Hbond substituents is 1. The number of aliphatic hydroxyl groups is 5. The number of carbonyl (C=O) groups is 1. The molecule has 0 aliphatic carbocycles. The maximum absolute atomic E-state index is 11.7. The van der Waals surface area contributed by atoms with E-state index < -0.39 is 61.8 Å². The Bertz CT molecular complexity index is 757. The number of hydrogen-bond donors (Lipinski definition) is 6. The van der Waals surface area contributed by atoms with Gasteiger partial charge < -0.3 is 54.3 Å². The third-order valence-corrected chi connectivity index (χ3v) is 4.92. The first-order chi connectivity index (χ1) is 14.2. The summed E-state index contributed by atoms with van der Waals surface area (Å²) in [6.45, 7) is -1.49. The molecule has 12 heteroatoms. The number of methoxy groups -OCH3 is 1. The Morgan fingerprint density at radius 1 is 1.23 bits per heavy atom. The minimum absolute atomic E-state index is 0.0548. The number of ether oxygens (including phenoxy) is 5. The van der Waals surface area contributed by atoms with Crippen molar-refractivity contribution in [2.75, 3.05) is 26.9 Å². The van der Waals surface area contributed by atoms with E-state index in [0.717, 1.165) is 7.11 Å². The molecule has 0 radical (unpaired) electrons. The van der Waals surface area contributed by atoms with Crippen molar-refractivity contribution in [2.24, 2.45) is 0 Å². The fourth-order valence-electron chi connectivity index (χ4n) is 3.10. The van der Waals surface area contributed by atoms with E-state index in [1.165, 1.54) is 18.2 Å². The van der Waals surface area contributed by atoms with Crippen LogP contribution in [0.5, 0.6) is 11.5 Å². The van der Waals surface area contributed by atoms with Gasteiger partial charge >= 0.3 is 5.97 Å². The smallest absolute Gasteiger partial charge is 0.341 e. The van der Waals surface area contributed by atoms with E-state index in [1.54, 1.807) is 0 Å². The Kier molecular flexibility index (Phi) is 6.79. The maximum Gasteiger partial charge on any atom is 0.341 e. The molecule has 0 unspecified atom stereocenters. The predicted molar refractivity (Wildman–Crippen MR) is 94.5 cm³/mol. The molecule has 168 valence electrons. The van der Waals surface area contributed by atoms with Gasteiger partial charge in [-0.2, -0.15) is 0 Å². The zero-order chi connectivity index (χ0) is 22.1. The fraction of sp³-hybridized carbons (Fsp3) is 0.611. The molecule has 2 saturated heterocycles. The van der Waals surface area contributed by atoms with Crippen LogP contribution in [0.2, 0.25) is 0 Å². The standard InChI is InChI=1S/C18H24O12/c1-26-15(24)9-4-8(2-3-10(9)20)29-16-12(22)13(11(21)5-27-16)30-17-14(23)18(25,6-19)7-28-17/h2-4,11-14,16-17,19-23,25H,5-7H2,1H3/t11-,12-,13+,14+,16+,17+,18-/m1/s1. The van der Waals surface area contributed by atoms with Gasteiger partial charge in [-0.3, -0.25) is 0 Å². The molecule has 12 nitrogen and oxygen atoms in total. The molecule has 30 heavy (non-hydrogen) atoms. The van der Waals surface area contributed by atoms with Gasteiger partial charge in [0.2, 0.25) is 6.29 Å². The molecule has 2 aliphatic heterocycles. The van der Waals surface area contributed by atoms with Gasteiger partial charge in [0.15, 0.2) is 6.29 Å². The highest BCUT2D eigenvalue weighted by Gasteiger charge is 2.51. The van der Waals surface area contributed by atoms with E-state index in [9.17, 15) is 35.4 Å². The van der Waals surface area contributed by atoms with Crippen molar-refractivity contribution in [2.45, 2.75) is 42.6 Å². The molecule has 3 rings (SSSR count). The molecule has 0 saturated carbocycles. The lowest BCUT2D eigenvalue weighted by atomic mass is 10.0. The van der Waals surface area contributed by atoms with Crippen molar-refractivity contribution < 1.29 is 59.1 Å². The second kappa shape index (κ2) is 8.99. The van der Waals surface area contributed by atoms with E-state index in [-0.39, 0.29) is 23.7 Å². The third kappa shape index (κ3) is 4.36. The molecule has 1 aromatic rings. The summed E-state index contributed by atoms with van der Waals surface area (Å²) in [4.78, 5) is 11.7. The van der Waals surface area contributed by atoms with E-state index >= 15 is 0 Å². The summed E-state index contributed by atoms with van der Waals surface area (Å²) in [5.41, 5.74) is -2.10. The SMILES string of the molecule is COC(=O)c1cc(O[C@@H]2OC[C@@H](O)[C@H](O[C@@H]3OC[C@](O)(CO)[C@H]3O)[C@H]2O)ccc1O. The quantitative estimate of drug-likeness (QED) is 0.259. The number of benzene rings is 1. The molecule has 2 heterocycles. The lowest BCUT2D eigenvalue weighted by molar-refractivity contribution is -0.290. The number of esters is 1. The summed E-state index contributed by atoms with van der Waals surface area (Å²) in [5, 5.41) is 59.7. The number of rotatable bonds is 6. The minimum Gasteiger partial charge on any atom is -0.507 e. The van der Waals surface area contributed by atoms with Crippen LogP contribution in [-0.4, -0.2) is 106 Å². The fourth-order valence-corrected chi connectivity index (χ4v) is 3.10. The third-order valence-electron chi connectivity index (χ3n) is 4.92. The van der Waals surface area contributed by atoms with Gasteiger partial charge in [-0.25, -0.2) is 4.79 Å². The van der Waals surface area contributed by atoms with Crippen molar-refractivity contribution in [1.82, 2.24) is 0 Å². The van der Waals surface area contributed by atoms with Crippen LogP contribution in [0.15, 0.2) is 18.2 Å². The molecular formula is C18H24O12. The monoisotopic (exact) mass is 432 g/mol. The van der Waals surface area contributed by atoms with E-state index in [1.807, 2.05) is 0 Å². The van der Waals surface area contributed by atoms with Crippen LogP contribution in [-0.2, 0) is 18.9 Å². The van der Waals surface area contributed by atoms with Gasteiger partial charge in [-0.15, -0.1) is 0 Å². The van der Waals surface area contributed by atoms with Gasteiger partial charge in [-0.05, 0) is 18.2 Å². The first kappa shape index (κ1) is 22.7. The normalized spacial score (nSPS) is 36.5. The molecular weight excluding hydrogens is 408 g/mol. The second-order valence-electron chi connectivity index (χ2n) is 7.03. The lowest BCUT2D eigenvalue weighted by Gasteiger charge is -2.39. The highest BCUT2D eigenvalue weighted by atomic mass is 16.7. The number of carbonyl (C=O) groups excluding carboxylic acids is 1. The van der Waals surface area contributed by atoms with Gasteiger partial charge in [0.1, 0.15) is 47.1 Å². The topological polar surface area (TPSA) is 185 Å². The van der Waals surface area contributed by atoms with E-state index in [2.05, 4.69) is 4.74 Å². The molecule has 6 N–H and O–H groups in total. The first-order valence-corrected chi connectivity index (χ1v) is 9.04. The van der Waals surface area contributed by atoms with Gasteiger partial charge in [0, 0.05) is 0 Å². The highest BCUT2D eigenvalue weighted by molar-refractivity contribution is 5.92. The van der Waals surface area contributed by atoms with Crippen LogP contribution in [0.4, 0.5) is 0 Å². The lowest BCUT2D eigenvalue weighted by Crippen LogP contribution is -2.58. The Morgan fingerprint density at radius 3 is 2.60 bits per heavy atom. The van der Waals surface area contributed by atoms with Crippen molar-refractivity contribution in [1.29, 1.82) is 0 Å². The molecule has 0 aromatic heterocycles. The van der Waals surface area contributed by atoms with Gasteiger partial charge in [-0.1, -0.05) is 0 Å². The van der Waals surface area contributed by atoms with Crippen LogP contribution in [0.1, 0.15) is 10.4 Å². The average Bonchev–Trinajstić information content (AvgIpc) is 3.02. The Hall–Kier alpha value is -2.03. The number of phenols is 1. The summed E-state index contributed by atoms with van der Waals surface area (Å²) >= 11 is 0. The number of hydrogen-bond acceptors (Lipinski definition) is 12. The molecule has 2 aliphatic rings. The van der Waals surface area contributed by atoms with Crippen LogP contribution in [0, 0.1) is 0 Å². The molecule has 0 amide bonds. The maximum atomic E-state index is 11.7. The average molecular weight is 432 g/mol. The number of aliphatic hydroxyl groups excluding tert-OH is 4. The van der Waals surface area contributed by atoms with E-state index in [4.69, 9.17) is 18.9 Å². The summed E-state index contributed by atoms with van der Waals surface area (Å²) in [5.74, 6) is -1.08. The predicted octanol–water partition coefficient (Wildman–Crippen LogP) is -2.54. The Balaban J connectivity index is 1.70. The summed E-state index contributed by atoms with van der Waals surface area (Å²) in [6, 6.07) is 3.70. The second-order valence-corrected chi connectivity index (χ2v) is 7.03. The van der Waals surface area contributed by atoms with Crippen LogP contribution >= 0.6 is 0 Å². The largest absolute Gasteiger partial charge is 0.507 e. The van der Waals surface area contributed by atoms with Crippen molar-refractivity contribution in [3.05, 3.63) is 23.8 Å². The molecule has 0 spiro atoms.